The van der Waals surface area contributed by atoms with Crippen LogP contribution >= 0.6 is 8.58 Å². The number of aryl methyl sites for hydroxylation is 1. The van der Waals surface area contributed by atoms with E-state index in [1.54, 1.807) is 6.07 Å². The Kier molecular flexibility index (Phi) is 6.19. The summed E-state index contributed by atoms with van der Waals surface area (Å²) in [4.78, 5) is 0. The molecule has 0 aliphatic heterocycles. The molecule has 0 spiro atoms. The van der Waals surface area contributed by atoms with Crippen LogP contribution < -0.4 is 10.6 Å². The van der Waals surface area contributed by atoms with Crippen LogP contribution in [-0.4, -0.2) is 5.11 Å². The van der Waals surface area contributed by atoms with Crippen molar-refractivity contribution >= 4 is 19.6 Å². The number of hydrogen-bond acceptors (Lipinski definition) is 2. The summed E-state index contributed by atoms with van der Waals surface area (Å²) in [6, 6.07) is 24.8. The summed E-state index contributed by atoms with van der Waals surface area (Å²) in [5.74, 6) is 0.394. The highest BCUT2D eigenvalue weighted by molar-refractivity contribution is 7.48. The van der Waals surface area contributed by atoms with Gasteiger partial charge in [0.25, 0.3) is 0 Å². The molecule has 0 saturated carbocycles. The zero-order valence-electron chi connectivity index (χ0n) is 16.3. The second-order valence-electron chi connectivity index (χ2n) is 7.21. The van der Waals surface area contributed by atoms with Crippen molar-refractivity contribution < 1.29 is 5.11 Å². The van der Waals surface area contributed by atoms with Gasteiger partial charge in [-0.3, -0.25) is 0 Å². The number of rotatable bonds is 7. The highest BCUT2D eigenvalue weighted by Gasteiger charge is 2.28. The number of para-hydroxylation sites is 2. The molecule has 0 amide bonds. The Hall–Kier alpha value is -2.31. The zero-order chi connectivity index (χ0) is 19.3. The number of phenols is 1. The van der Waals surface area contributed by atoms with E-state index in [2.05, 4.69) is 62.5 Å². The molecule has 2 atom stereocenters. The molecule has 0 aliphatic carbocycles. The van der Waals surface area contributed by atoms with Crippen LogP contribution in [0.4, 0.5) is 5.69 Å². The van der Waals surface area contributed by atoms with Crippen LogP contribution in [0.25, 0.3) is 0 Å². The number of anilines is 1. The highest BCUT2D eigenvalue weighted by atomic mass is 31.1. The Morgan fingerprint density at radius 1 is 0.963 bits per heavy atom. The Morgan fingerprint density at radius 3 is 2.37 bits per heavy atom. The SMILES string of the molecule is CCC(C)(Pc1ccc(C)cc1CNc1ccccc1)c1ccccc1O. The first kappa shape index (κ1) is 19.5. The van der Waals surface area contributed by atoms with E-state index in [1.807, 2.05) is 30.3 Å². The summed E-state index contributed by atoms with van der Waals surface area (Å²) in [5, 5.41) is 15.2. The zero-order valence-corrected chi connectivity index (χ0v) is 17.3. The average Bonchev–Trinajstić information content (AvgIpc) is 2.69. The number of benzene rings is 3. The van der Waals surface area contributed by atoms with Gasteiger partial charge in [0.05, 0.1) is 0 Å². The summed E-state index contributed by atoms with van der Waals surface area (Å²) in [5.41, 5.74) is 4.77. The second kappa shape index (κ2) is 8.59. The minimum atomic E-state index is -0.0813. The first-order valence-corrected chi connectivity index (χ1v) is 10.5. The van der Waals surface area contributed by atoms with E-state index in [1.165, 1.54) is 16.4 Å². The van der Waals surface area contributed by atoms with E-state index in [0.29, 0.717) is 14.3 Å². The van der Waals surface area contributed by atoms with Gasteiger partial charge in [-0.25, -0.2) is 0 Å². The number of nitrogens with one attached hydrogen (secondary N) is 1. The van der Waals surface area contributed by atoms with Crippen LogP contribution in [0.15, 0.2) is 72.8 Å². The Bertz CT molecular complexity index is 894. The topological polar surface area (TPSA) is 32.3 Å². The molecule has 0 fully saturated rings. The van der Waals surface area contributed by atoms with Crippen molar-refractivity contribution in [2.45, 2.75) is 38.9 Å². The van der Waals surface area contributed by atoms with Crippen LogP contribution in [0.5, 0.6) is 5.75 Å². The standard InChI is InChI=1S/C24H28NOP/c1-4-24(3,21-12-8-9-13-22(21)26)27-23-15-14-18(2)16-19(23)17-25-20-10-6-5-7-11-20/h5-16,25-27H,4,17H2,1-3H3. The van der Waals surface area contributed by atoms with Gasteiger partial charge in [0, 0.05) is 23.0 Å². The quantitative estimate of drug-likeness (QED) is 0.499. The van der Waals surface area contributed by atoms with E-state index in [4.69, 9.17) is 0 Å². The van der Waals surface area contributed by atoms with Gasteiger partial charge in [-0.2, -0.15) is 0 Å². The van der Waals surface area contributed by atoms with E-state index < -0.39 is 0 Å². The number of phenolic OH excluding ortho intramolecular Hbond substituents is 1. The fourth-order valence-corrected chi connectivity index (χ4v) is 4.93. The molecule has 0 aromatic heterocycles. The van der Waals surface area contributed by atoms with Gasteiger partial charge < -0.3 is 10.4 Å². The van der Waals surface area contributed by atoms with E-state index in [0.717, 1.165) is 24.2 Å². The second-order valence-corrected chi connectivity index (χ2v) is 9.10. The summed E-state index contributed by atoms with van der Waals surface area (Å²) < 4.78 is 0. The molecule has 27 heavy (non-hydrogen) atoms. The van der Waals surface area contributed by atoms with Gasteiger partial charge in [0.1, 0.15) is 5.75 Å². The molecular formula is C24H28NOP. The summed E-state index contributed by atoms with van der Waals surface area (Å²) in [7, 11) is 0.585. The lowest BCUT2D eigenvalue weighted by Gasteiger charge is -2.31. The minimum absolute atomic E-state index is 0.0813. The monoisotopic (exact) mass is 377 g/mol. The third-order valence-electron chi connectivity index (χ3n) is 5.13. The number of hydrogen-bond donors (Lipinski definition) is 2. The largest absolute Gasteiger partial charge is 0.508 e. The normalized spacial score (nSPS) is 13.6. The fourth-order valence-electron chi connectivity index (χ4n) is 3.33. The van der Waals surface area contributed by atoms with Crippen LogP contribution in [0, 0.1) is 6.92 Å². The highest BCUT2D eigenvalue weighted by Crippen LogP contribution is 2.47. The molecule has 0 aliphatic rings. The Balaban J connectivity index is 1.88. The van der Waals surface area contributed by atoms with Crippen molar-refractivity contribution in [2.75, 3.05) is 5.32 Å². The van der Waals surface area contributed by atoms with E-state index in [-0.39, 0.29) is 5.16 Å². The average molecular weight is 377 g/mol. The molecule has 0 radical (unpaired) electrons. The van der Waals surface area contributed by atoms with Gasteiger partial charge in [-0.1, -0.05) is 82.6 Å². The van der Waals surface area contributed by atoms with Crippen LogP contribution in [0.3, 0.4) is 0 Å². The molecule has 3 rings (SSSR count). The summed E-state index contributed by atoms with van der Waals surface area (Å²) in [6.07, 6.45) is 0.975. The molecule has 3 aromatic carbocycles. The van der Waals surface area contributed by atoms with Crippen molar-refractivity contribution in [3.05, 3.63) is 89.5 Å². The molecule has 140 valence electrons. The van der Waals surface area contributed by atoms with Crippen LogP contribution in [0.2, 0.25) is 0 Å². The Labute approximate surface area is 164 Å². The van der Waals surface area contributed by atoms with E-state index in [9.17, 15) is 5.11 Å². The first-order valence-electron chi connectivity index (χ1n) is 9.47. The third-order valence-corrected chi connectivity index (χ3v) is 7.07. The van der Waals surface area contributed by atoms with Gasteiger partial charge >= 0.3 is 0 Å². The molecule has 3 aromatic rings. The molecular weight excluding hydrogens is 349 g/mol. The molecule has 2 unspecified atom stereocenters. The lowest BCUT2D eigenvalue weighted by atomic mass is 9.96. The van der Waals surface area contributed by atoms with E-state index >= 15 is 0 Å². The molecule has 2 nitrogen and oxygen atoms in total. The van der Waals surface area contributed by atoms with Crippen molar-refractivity contribution in [2.24, 2.45) is 0 Å². The van der Waals surface area contributed by atoms with Crippen molar-refractivity contribution in [1.29, 1.82) is 0 Å². The minimum Gasteiger partial charge on any atom is -0.508 e. The van der Waals surface area contributed by atoms with Crippen LogP contribution in [0.1, 0.15) is 37.0 Å². The molecule has 0 bridgehead atoms. The maximum atomic E-state index is 10.4. The fraction of sp³-hybridized carbons (Fsp3) is 0.250. The summed E-state index contributed by atoms with van der Waals surface area (Å²) in [6.45, 7) is 7.40. The molecule has 3 heteroatoms. The predicted molar refractivity (Wildman–Crippen MR) is 119 cm³/mol. The lowest BCUT2D eigenvalue weighted by molar-refractivity contribution is 0.457. The maximum absolute atomic E-state index is 10.4. The van der Waals surface area contributed by atoms with Gasteiger partial charge in [-0.05, 0) is 42.4 Å². The molecule has 0 heterocycles. The first-order chi connectivity index (χ1) is 13.0. The third kappa shape index (κ3) is 4.70. The van der Waals surface area contributed by atoms with Crippen molar-refractivity contribution in [3.8, 4) is 5.75 Å². The molecule has 0 saturated heterocycles. The van der Waals surface area contributed by atoms with Gasteiger partial charge in [0.2, 0.25) is 0 Å². The smallest absolute Gasteiger partial charge is 0.119 e. The van der Waals surface area contributed by atoms with Gasteiger partial charge in [-0.15, -0.1) is 0 Å². The predicted octanol–water partition coefficient (Wildman–Crippen LogP) is 5.94. The molecule has 2 N–H and O–H groups in total. The van der Waals surface area contributed by atoms with Crippen LogP contribution in [-0.2, 0) is 11.7 Å². The maximum Gasteiger partial charge on any atom is 0.119 e. The van der Waals surface area contributed by atoms with Crippen molar-refractivity contribution in [3.63, 3.8) is 0 Å². The van der Waals surface area contributed by atoms with Gasteiger partial charge in [0.15, 0.2) is 0 Å². The summed E-state index contributed by atoms with van der Waals surface area (Å²) >= 11 is 0. The Morgan fingerprint density at radius 2 is 1.67 bits per heavy atom. The lowest BCUT2D eigenvalue weighted by Crippen LogP contribution is -2.21. The number of aromatic hydroxyl groups is 1. The van der Waals surface area contributed by atoms with Crippen molar-refractivity contribution in [1.82, 2.24) is 0 Å².